The molecule has 1 aromatic carbocycles. The van der Waals surface area contributed by atoms with Crippen LogP contribution in [0, 0.1) is 0 Å². The first kappa shape index (κ1) is 11.5. The number of aldehydes is 1. The summed E-state index contributed by atoms with van der Waals surface area (Å²) < 4.78 is 3.33. The van der Waals surface area contributed by atoms with Gasteiger partial charge >= 0.3 is 0 Å². The molecular weight excluding hydrogens is 336 g/mol. The molecule has 0 N–H and O–H groups in total. The highest BCUT2D eigenvalue weighted by molar-refractivity contribution is 9.10. The number of aryl methyl sites for hydroxylation is 1. The molecule has 0 aliphatic heterocycles. The second kappa shape index (κ2) is 4.51. The Labute approximate surface area is 110 Å². The van der Waals surface area contributed by atoms with Gasteiger partial charge in [-0.3, -0.25) is 9.48 Å². The fourth-order valence-corrected chi connectivity index (χ4v) is 2.07. The molecule has 82 valence electrons. The number of benzene rings is 1. The highest BCUT2D eigenvalue weighted by Gasteiger charge is 2.14. The summed E-state index contributed by atoms with van der Waals surface area (Å²) in [5.74, 6) is 0. The van der Waals surface area contributed by atoms with Gasteiger partial charge in [0.05, 0.1) is 5.56 Å². The third-order valence-corrected chi connectivity index (χ3v) is 3.72. The van der Waals surface area contributed by atoms with Gasteiger partial charge < -0.3 is 0 Å². The normalized spacial score (nSPS) is 10.4. The van der Waals surface area contributed by atoms with E-state index < -0.39 is 0 Å². The average molecular weight is 344 g/mol. The van der Waals surface area contributed by atoms with Crippen molar-refractivity contribution < 1.29 is 4.79 Å². The highest BCUT2D eigenvalue weighted by Crippen LogP contribution is 2.27. The van der Waals surface area contributed by atoms with Crippen LogP contribution in [-0.4, -0.2) is 16.1 Å². The second-order valence-corrected chi connectivity index (χ2v) is 4.97. The van der Waals surface area contributed by atoms with Gasteiger partial charge in [0.15, 0.2) is 6.29 Å². The van der Waals surface area contributed by atoms with Crippen LogP contribution in [-0.2, 0) is 7.05 Å². The van der Waals surface area contributed by atoms with Crippen LogP contribution < -0.4 is 0 Å². The van der Waals surface area contributed by atoms with Gasteiger partial charge in [-0.25, -0.2) is 0 Å². The van der Waals surface area contributed by atoms with Gasteiger partial charge in [-0.1, -0.05) is 28.1 Å². The topological polar surface area (TPSA) is 34.9 Å². The molecule has 0 unspecified atom stereocenters. The molecular formula is C11H8Br2N2O. The maximum absolute atomic E-state index is 11.0. The molecule has 0 atom stereocenters. The molecule has 5 heteroatoms. The van der Waals surface area contributed by atoms with Gasteiger partial charge in [0.1, 0.15) is 10.3 Å². The molecule has 3 nitrogen and oxygen atoms in total. The molecule has 16 heavy (non-hydrogen) atoms. The molecule has 0 amide bonds. The van der Waals surface area contributed by atoms with E-state index in [0.717, 1.165) is 16.3 Å². The average Bonchev–Trinajstić information content (AvgIpc) is 2.56. The second-order valence-electron chi connectivity index (χ2n) is 3.30. The van der Waals surface area contributed by atoms with Gasteiger partial charge in [0.25, 0.3) is 0 Å². The largest absolute Gasteiger partial charge is 0.298 e. The van der Waals surface area contributed by atoms with E-state index in [1.807, 2.05) is 24.3 Å². The van der Waals surface area contributed by atoms with Crippen LogP contribution in [0.1, 0.15) is 10.4 Å². The summed E-state index contributed by atoms with van der Waals surface area (Å²) in [6.07, 6.45) is 0.814. The van der Waals surface area contributed by atoms with Crippen molar-refractivity contribution in [2.45, 2.75) is 0 Å². The molecule has 2 rings (SSSR count). The Hall–Kier alpha value is -0.940. The van der Waals surface area contributed by atoms with Crippen LogP contribution in [0.4, 0.5) is 0 Å². The number of nitrogens with zero attached hydrogens (tertiary/aromatic N) is 2. The number of halogens is 2. The van der Waals surface area contributed by atoms with Crippen LogP contribution in [0.2, 0.25) is 0 Å². The summed E-state index contributed by atoms with van der Waals surface area (Å²) in [6, 6.07) is 7.69. The first-order valence-corrected chi connectivity index (χ1v) is 6.15. The number of carbonyl (C=O) groups is 1. The SMILES string of the molecule is Cn1nc(-c2ccc(Br)cc2)c(C=O)c1Br. The lowest BCUT2D eigenvalue weighted by Gasteiger charge is -1.97. The summed E-state index contributed by atoms with van der Waals surface area (Å²) in [5, 5.41) is 4.30. The van der Waals surface area contributed by atoms with E-state index in [9.17, 15) is 4.79 Å². The zero-order valence-corrected chi connectivity index (χ0v) is 11.6. The third-order valence-electron chi connectivity index (χ3n) is 2.25. The Kier molecular flexibility index (Phi) is 3.25. The summed E-state index contributed by atoms with van der Waals surface area (Å²) in [6.45, 7) is 0. The van der Waals surface area contributed by atoms with Crippen LogP contribution >= 0.6 is 31.9 Å². The third kappa shape index (κ3) is 1.97. The van der Waals surface area contributed by atoms with Crippen molar-refractivity contribution in [1.82, 2.24) is 9.78 Å². The smallest absolute Gasteiger partial charge is 0.155 e. The number of rotatable bonds is 2. The van der Waals surface area contributed by atoms with Crippen molar-refractivity contribution in [3.63, 3.8) is 0 Å². The Morgan fingerprint density at radius 1 is 1.25 bits per heavy atom. The lowest BCUT2D eigenvalue weighted by molar-refractivity contribution is 0.112. The molecule has 0 spiro atoms. The van der Waals surface area contributed by atoms with Gasteiger partial charge in [-0.2, -0.15) is 5.10 Å². The zero-order chi connectivity index (χ0) is 11.7. The van der Waals surface area contributed by atoms with Crippen LogP contribution in [0.5, 0.6) is 0 Å². The lowest BCUT2D eigenvalue weighted by atomic mass is 10.1. The summed E-state index contributed by atoms with van der Waals surface area (Å²) in [7, 11) is 1.79. The molecule has 0 aliphatic carbocycles. The van der Waals surface area contributed by atoms with E-state index in [2.05, 4.69) is 37.0 Å². The quantitative estimate of drug-likeness (QED) is 0.783. The number of hydrogen-bond acceptors (Lipinski definition) is 2. The predicted molar refractivity (Wildman–Crippen MR) is 69.4 cm³/mol. The Bertz CT molecular complexity index is 532. The molecule has 0 saturated carbocycles. The highest BCUT2D eigenvalue weighted by atomic mass is 79.9. The molecule has 0 radical (unpaired) electrons. The summed E-state index contributed by atoms with van der Waals surface area (Å²) >= 11 is 6.70. The minimum atomic E-state index is 0.574. The van der Waals surface area contributed by atoms with Gasteiger partial charge in [-0.15, -0.1) is 0 Å². The minimum Gasteiger partial charge on any atom is -0.298 e. The van der Waals surface area contributed by atoms with Crippen molar-refractivity contribution in [2.24, 2.45) is 7.05 Å². The molecule has 1 heterocycles. The minimum absolute atomic E-state index is 0.574. The number of aromatic nitrogens is 2. The number of hydrogen-bond donors (Lipinski definition) is 0. The van der Waals surface area contributed by atoms with Crippen LogP contribution in [0.25, 0.3) is 11.3 Å². The molecule has 0 aliphatic rings. The first-order chi connectivity index (χ1) is 7.63. The van der Waals surface area contributed by atoms with Crippen molar-refractivity contribution in [3.05, 3.63) is 38.9 Å². The van der Waals surface area contributed by atoms with Gasteiger partial charge in [0.2, 0.25) is 0 Å². The van der Waals surface area contributed by atoms with E-state index >= 15 is 0 Å². The molecule has 0 fully saturated rings. The Morgan fingerprint density at radius 2 is 1.88 bits per heavy atom. The monoisotopic (exact) mass is 342 g/mol. The van der Waals surface area contributed by atoms with E-state index in [0.29, 0.717) is 15.9 Å². The summed E-state index contributed by atoms with van der Waals surface area (Å²) in [4.78, 5) is 11.0. The molecule has 1 aromatic heterocycles. The van der Waals surface area contributed by atoms with Crippen molar-refractivity contribution in [1.29, 1.82) is 0 Å². The van der Waals surface area contributed by atoms with Crippen molar-refractivity contribution in [3.8, 4) is 11.3 Å². The van der Waals surface area contributed by atoms with E-state index in [4.69, 9.17) is 0 Å². The summed E-state index contributed by atoms with van der Waals surface area (Å²) in [5.41, 5.74) is 2.19. The molecule has 0 saturated heterocycles. The maximum atomic E-state index is 11.0. The van der Waals surface area contributed by atoms with E-state index in [1.54, 1.807) is 11.7 Å². The molecule has 2 aromatic rings. The first-order valence-electron chi connectivity index (χ1n) is 4.57. The van der Waals surface area contributed by atoms with Gasteiger partial charge in [-0.05, 0) is 28.1 Å². The zero-order valence-electron chi connectivity index (χ0n) is 8.45. The number of carbonyl (C=O) groups excluding carboxylic acids is 1. The Balaban J connectivity index is 2.59. The fraction of sp³-hybridized carbons (Fsp3) is 0.0909. The lowest BCUT2D eigenvalue weighted by Crippen LogP contribution is -1.89. The Morgan fingerprint density at radius 3 is 2.44 bits per heavy atom. The van der Waals surface area contributed by atoms with Crippen molar-refractivity contribution in [2.75, 3.05) is 0 Å². The van der Waals surface area contributed by atoms with Gasteiger partial charge in [0, 0.05) is 17.1 Å². The van der Waals surface area contributed by atoms with Crippen molar-refractivity contribution >= 4 is 38.1 Å². The maximum Gasteiger partial charge on any atom is 0.155 e. The van der Waals surface area contributed by atoms with Crippen LogP contribution in [0.3, 0.4) is 0 Å². The van der Waals surface area contributed by atoms with E-state index in [-0.39, 0.29) is 0 Å². The van der Waals surface area contributed by atoms with E-state index in [1.165, 1.54) is 0 Å². The van der Waals surface area contributed by atoms with Crippen LogP contribution in [0.15, 0.2) is 33.3 Å². The predicted octanol–water partition coefficient (Wildman–Crippen LogP) is 3.42. The standard InChI is InChI=1S/C11H8Br2N2O/c1-15-11(13)9(6-16)10(14-15)7-2-4-8(12)5-3-7/h2-6H,1H3. The fourth-order valence-electron chi connectivity index (χ4n) is 1.45. The molecule has 0 bridgehead atoms.